The monoisotopic (exact) mass is 211 g/mol. The third-order valence-electron chi connectivity index (χ3n) is 2.31. The summed E-state index contributed by atoms with van der Waals surface area (Å²) in [6, 6.07) is 1.82. The van der Waals surface area contributed by atoms with Crippen molar-refractivity contribution < 1.29 is 4.79 Å². The van der Waals surface area contributed by atoms with Crippen molar-refractivity contribution in [3.8, 4) is 0 Å². The maximum absolute atomic E-state index is 11.7. The van der Waals surface area contributed by atoms with E-state index >= 15 is 0 Å². The number of urea groups is 1. The van der Waals surface area contributed by atoms with Crippen molar-refractivity contribution in [1.29, 1.82) is 0 Å². The summed E-state index contributed by atoms with van der Waals surface area (Å²) in [5.74, 6) is 0. The van der Waals surface area contributed by atoms with E-state index in [0.29, 0.717) is 0 Å². The molecule has 1 aromatic heterocycles. The molecule has 5 heteroatoms. The highest BCUT2D eigenvalue weighted by atomic mass is 32.1. The maximum atomic E-state index is 11.7. The predicted octanol–water partition coefficient (Wildman–Crippen LogP) is 2.16. The van der Waals surface area contributed by atoms with Crippen molar-refractivity contribution >= 4 is 22.6 Å². The summed E-state index contributed by atoms with van der Waals surface area (Å²) in [6.07, 6.45) is 5.17. The Balaban J connectivity index is 1.88. The molecule has 0 unspecified atom stereocenters. The van der Waals surface area contributed by atoms with E-state index in [1.54, 1.807) is 6.20 Å². The molecule has 0 spiro atoms. The van der Waals surface area contributed by atoms with E-state index in [-0.39, 0.29) is 6.03 Å². The SMILES string of the molecule is O=C(Nc1ccns1)N1CCCCC1. The topological polar surface area (TPSA) is 45.2 Å². The van der Waals surface area contributed by atoms with Gasteiger partial charge in [-0.3, -0.25) is 5.32 Å². The van der Waals surface area contributed by atoms with Crippen LogP contribution in [0.3, 0.4) is 0 Å². The molecule has 4 nitrogen and oxygen atoms in total. The molecule has 14 heavy (non-hydrogen) atoms. The maximum Gasteiger partial charge on any atom is 0.322 e. The smallest absolute Gasteiger partial charge is 0.322 e. The number of aromatic nitrogens is 1. The van der Waals surface area contributed by atoms with E-state index in [4.69, 9.17) is 0 Å². The molecular weight excluding hydrogens is 198 g/mol. The van der Waals surface area contributed by atoms with Crippen LogP contribution >= 0.6 is 11.5 Å². The molecule has 0 saturated carbocycles. The third kappa shape index (κ3) is 2.23. The van der Waals surface area contributed by atoms with Crippen molar-refractivity contribution in [2.75, 3.05) is 18.4 Å². The molecule has 0 bridgehead atoms. The Morgan fingerprint density at radius 2 is 2.21 bits per heavy atom. The van der Waals surface area contributed by atoms with Gasteiger partial charge in [-0.2, -0.15) is 4.37 Å². The molecular formula is C9H13N3OS. The number of nitrogens with zero attached hydrogens (tertiary/aromatic N) is 2. The molecule has 1 aliphatic heterocycles. The van der Waals surface area contributed by atoms with Gasteiger partial charge in [-0.1, -0.05) is 0 Å². The Hall–Kier alpha value is -1.10. The minimum atomic E-state index is 0.00829. The molecule has 1 aromatic rings. The molecule has 2 rings (SSSR count). The number of carbonyl (C=O) groups excluding carboxylic acids is 1. The number of piperidine rings is 1. The number of anilines is 1. The average molecular weight is 211 g/mol. The van der Waals surface area contributed by atoms with Crippen LogP contribution in [0.25, 0.3) is 0 Å². The molecule has 1 saturated heterocycles. The molecule has 0 atom stereocenters. The first-order chi connectivity index (χ1) is 6.86. The normalized spacial score (nSPS) is 16.7. The zero-order valence-electron chi connectivity index (χ0n) is 7.90. The zero-order valence-corrected chi connectivity index (χ0v) is 8.72. The molecule has 1 fully saturated rings. The van der Waals surface area contributed by atoms with E-state index in [9.17, 15) is 4.79 Å². The van der Waals surface area contributed by atoms with Gasteiger partial charge in [0.2, 0.25) is 0 Å². The molecule has 1 aliphatic rings. The fourth-order valence-corrected chi connectivity index (χ4v) is 2.05. The number of nitrogens with one attached hydrogen (secondary N) is 1. The lowest BCUT2D eigenvalue weighted by Gasteiger charge is -2.26. The van der Waals surface area contributed by atoms with Gasteiger partial charge in [-0.05, 0) is 36.9 Å². The van der Waals surface area contributed by atoms with Gasteiger partial charge in [0.05, 0.1) is 0 Å². The highest BCUT2D eigenvalue weighted by Crippen LogP contribution is 2.14. The Bertz CT molecular complexity index is 293. The van der Waals surface area contributed by atoms with Crippen molar-refractivity contribution in [2.45, 2.75) is 19.3 Å². The summed E-state index contributed by atoms with van der Waals surface area (Å²) >= 11 is 1.31. The van der Waals surface area contributed by atoms with E-state index in [0.717, 1.165) is 30.9 Å². The summed E-state index contributed by atoms with van der Waals surface area (Å²) in [5.41, 5.74) is 0. The fraction of sp³-hybridized carbons (Fsp3) is 0.556. The van der Waals surface area contributed by atoms with Crippen LogP contribution in [0.2, 0.25) is 0 Å². The number of rotatable bonds is 1. The van der Waals surface area contributed by atoms with Gasteiger partial charge < -0.3 is 4.90 Å². The van der Waals surface area contributed by atoms with E-state index in [1.807, 2.05) is 11.0 Å². The van der Waals surface area contributed by atoms with Crippen LogP contribution in [0.5, 0.6) is 0 Å². The van der Waals surface area contributed by atoms with Crippen LogP contribution in [-0.4, -0.2) is 28.4 Å². The summed E-state index contributed by atoms with van der Waals surface area (Å²) in [7, 11) is 0. The Labute approximate surface area is 87.1 Å². The quantitative estimate of drug-likeness (QED) is 0.773. The third-order valence-corrected chi connectivity index (χ3v) is 2.97. The van der Waals surface area contributed by atoms with Crippen LogP contribution in [0, 0.1) is 0 Å². The zero-order chi connectivity index (χ0) is 9.80. The number of hydrogen-bond donors (Lipinski definition) is 1. The second kappa shape index (κ2) is 4.41. The average Bonchev–Trinajstić information content (AvgIpc) is 2.72. The van der Waals surface area contributed by atoms with E-state index in [1.165, 1.54) is 18.0 Å². The fourth-order valence-electron chi connectivity index (χ4n) is 1.56. The van der Waals surface area contributed by atoms with Gasteiger partial charge in [-0.15, -0.1) is 0 Å². The lowest BCUT2D eigenvalue weighted by atomic mass is 10.1. The molecule has 0 radical (unpaired) electrons. The number of likely N-dealkylation sites (tertiary alicyclic amines) is 1. The molecule has 0 aromatic carbocycles. The van der Waals surface area contributed by atoms with Crippen molar-refractivity contribution in [3.05, 3.63) is 12.3 Å². The summed E-state index contributed by atoms with van der Waals surface area (Å²) in [5, 5.41) is 3.65. The molecule has 0 aliphatic carbocycles. The standard InChI is InChI=1S/C9H13N3OS/c13-9(11-8-4-5-10-14-8)12-6-2-1-3-7-12/h4-5H,1-3,6-7H2,(H,11,13). The van der Waals surface area contributed by atoms with Crippen LogP contribution in [-0.2, 0) is 0 Å². The lowest BCUT2D eigenvalue weighted by molar-refractivity contribution is 0.200. The highest BCUT2D eigenvalue weighted by Gasteiger charge is 2.16. The minimum absolute atomic E-state index is 0.00829. The second-order valence-electron chi connectivity index (χ2n) is 3.35. The van der Waals surface area contributed by atoms with Gasteiger partial charge >= 0.3 is 6.03 Å². The first-order valence-corrected chi connectivity index (χ1v) is 5.60. The van der Waals surface area contributed by atoms with E-state index in [2.05, 4.69) is 9.69 Å². The summed E-state index contributed by atoms with van der Waals surface area (Å²) in [6.45, 7) is 1.76. The van der Waals surface area contributed by atoms with Gasteiger partial charge in [0.25, 0.3) is 0 Å². The van der Waals surface area contributed by atoms with E-state index < -0.39 is 0 Å². The Morgan fingerprint density at radius 1 is 1.43 bits per heavy atom. The van der Waals surface area contributed by atoms with Crippen LogP contribution in [0.4, 0.5) is 9.80 Å². The predicted molar refractivity (Wildman–Crippen MR) is 56.6 cm³/mol. The van der Waals surface area contributed by atoms with Crippen molar-refractivity contribution in [1.82, 2.24) is 9.27 Å². The molecule has 1 N–H and O–H groups in total. The largest absolute Gasteiger partial charge is 0.325 e. The van der Waals surface area contributed by atoms with Crippen LogP contribution in [0.15, 0.2) is 12.3 Å². The Kier molecular flexibility index (Phi) is 2.98. The second-order valence-corrected chi connectivity index (χ2v) is 4.19. The van der Waals surface area contributed by atoms with Crippen molar-refractivity contribution in [2.24, 2.45) is 0 Å². The van der Waals surface area contributed by atoms with Crippen LogP contribution < -0.4 is 5.32 Å². The van der Waals surface area contributed by atoms with Gasteiger partial charge in [0.15, 0.2) is 0 Å². The van der Waals surface area contributed by atoms with Gasteiger partial charge in [0, 0.05) is 19.3 Å². The first kappa shape index (κ1) is 9.45. The number of carbonyl (C=O) groups is 1. The number of hydrogen-bond acceptors (Lipinski definition) is 3. The first-order valence-electron chi connectivity index (χ1n) is 4.83. The van der Waals surface area contributed by atoms with Gasteiger partial charge in [0.1, 0.15) is 5.00 Å². The summed E-state index contributed by atoms with van der Waals surface area (Å²) in [4.78, 5) is 13.5. The molecule has 76 valence electrons. The lowest BCUT2D eigenvalue weighted by Crippen LogP contribution is -2.38. The molecule has 2 amide bonds. The highest BCUT2D eigenvalue weighted by molar-refractivity contribution is 7.10. The van der Waals surface area contributed by atoms with Crippen LogP contribution in [0.1, 0.15) is 19.3 Å². The summed E-state index contributed by atoms with van der Waals surface area (Å²) < 4.78 is 3.93. The number of amides is 2. The molecule has 2 heterocycles. The Morgan fingerprint density at radius 3 is 2.86 bits per heavy atom. The minimum Gasteiger partial charge on any atom is -0.325 e. The van der Waals surface area contributed by atoms with Gasteiger partial charge in [-0.25, -0.2) is 4.79 Å². The van der Waals surface area contributed by atoms with Crippen molar-refractivity contribution in [3.63, 3.8) is 0 Å².